The van der Waals surface area contributed by atoms with Crippen LogP contribution in [0.15, 0.2) is 23.1 Å². The Labute approximate surface area is 144 Å². The summed E-state index contributed by atoms with van der Waals surface area (Å²) in [6, 6.07) is 5.13. The zero-order valence-electron chi connectivity index (χ0n) is 15.0. The van der Waals surface area contributed by atoms with Crippen LogP contribution in [0.5, 0.6) is 0 Å². The molecule has 0 fully saturated rings. The summed E-state index contributed by atoms with van der Waals surface area (Å²) < 4.78 is 37.7. The number of ether oxygens (including phenoxy) is 1. The van der Waals surface area contributed by atoms with Gasteiger partial charge in [-0.3, -0.25) is 4.55 Å². The van der Waals surface area contributed by atoms with Gasteiger partial charge in [-0.15, -0.1) is 0 Å². The molecular formula is C17H27NO5S. The average Bonchev–Trinajstić information content (AvgIpc) is 2.39. The minimum absolute atomic E-state index is 0.00880. The van der Waals surface area contributed by atoms with E-state index in [1.54, 1.807) is 32.2 Å². The van der Waals surface area contributed by atoms with E-state index >= 15 is 0 Å². The highest BCUT2D eigenvalue weighted by Gasteiger charge is 2.20. The quantitative estimate of drug-likeness (QED) is 0.623. The topological polar surface area (TPSA) is 83.9 Å². The first-order chi connectivity index (χ1) is 10.9. The summed E-state index contributed by atoms with van der Waals surface area (Å²) in [7, 11) is -2.56. The van der Waals surface area contributed by atoms with E-state index in [0.29, 0.717) is 36.9 Å². The van der Waals surface area contributed by atoms with Gasteiger partial charge in [-0.1, -0.05) is 18.2 Å². The van der Waals surface area contributed by atoms with Crippen molar-refractivity contribution < 1.29 is 22.5 Å². The van der Waals surface area contributed by atoms with Crippen molar-refractivity contribution in [2.45, 2.75) is 57.5 Å². The Kier molecular flexibility index (Phi) is 6.80. The molecule has 24 heavy (non-hydrogen) atoms. The normalized spacial score (nSPS) is 12.1. The minimum atomic E-state index is -4.24. The van der Waals surface area contributed by atoms with Crippen LogP contribution in [-0.2, 0) is 21.3 Å². The van der Waals surface area contributed by atoms with E-state index in [-0.39, 0.29) is 11.0 Å². The number of nitrogens with zero attached hydrogens (tertiary/aromatic N) is 1. The van der Waals surface area contributed by atoms with E-state index in [4.69, 9.17) is 4.74 Å². The standard InChI is InChI=1S/C17H27NO5S/c1-13-9-8-11-14(15(13)24(20,21)22)10-6-7-12-18(5)16(19)23-17(2,3)4/h8-9,11H,6-7,10,12H2,1-5H3,(H,20,21,22). The maximum Gasteiger partial charge on any atom is 0.410 e. The largest absolute Gasteiger partial charge is 0.444 e. The van der Waals surface area contributed by atoms with Crippen LogP contribution in [0.3, 0.4) is 0 Å². The molecule has 0 aromatic heterocycles. The van der Waals surface area contributed by atoms with Crippen molar-refractivity contribution in [3.8, 4) is 0 Å². The number of aryl methyl sites for hydroxylation is 2. The molecule has 0 saturated heterocycles. The molecule has 1 amide bonds. The number of benzene rings is 1. The van der Waals surface area contributed by atoms with Crippen LogP contribution in [0, 0.1) is 6.92 Å². The zero-order valence-corrected chi connectivity index (χ0v) is 15.8. The Morgan fingerprint density at radius 3 is 2.42 bits per heavy atom. The summed E-state index contributed by atoms with van der Waals surface area (Å²) in [4.78, 5) is 13.3. The van der Waals surface area contributed by atoms with E-state index in [9.17, 15) is 17.8 Å². The maximum absolute atomic E-state index is 11.8. The molecule has 6 nitrogen and oxygen atoms in total. The van der Waals surface area contributed by atoms with E-state index in [1.165, 1.54) is 4.90 Å². The monoisotopic (exact) mass is 357 g/mol. The Bertz CT molecular complexity index is 677. The van der Waals surface area contributed by atoms with Gasteiger partial charge in [0.05, 0.1) is 4.90 Å². The Balaban J connectivity index is 2.58. The molecule has 0 aliphatic carbocycles. The van der Waals surface area contributed by atoms with Crippen LogP contribution in [0.1, 0.15) is 44.7 Å². The third-order valence-corrected chi connectivity index (χ3v) is 4.55. The van der Waals surface area contributed by atoms with Gasteiger partial charge in [0.15, 0.2) is 0 Å². The minimum Gasteiger partial charge on any atom is -0.444 e. The van der Waals surface area contributed by atoms with E-state index in [0.717, 1.165) is 0 Å². The van der Waals surface area contributed by atoms with Gasteiger partial charge in [-0.2, -0.15) is 8.42 Å². The third kappa shape index (κ3) is 6.49. The fourth-order valence-corrected chi connectivity index (χ4v) is 3.35. The second kappa shape index (κ2) is 7.98. The number of unbranched alkanes of at least 4 members (excludes halogenated alkanes) is 1. The molecule has 0 saturated carbocycles. The summed E-state index contributed by atoms with van der Waals surface area (Å²) in [6.45, 7) is 7.61. The lowest BCUT2D eigenvalue weighted by Crippen LogP contribution is -2.34. The first kappa shape index (κ1) is 20.4. The molecule has 0 unspecified atom stereocenters. The van der Waals surface area contributed by atoms with Crippen LogP contribution in [-0.4, -0.2) is 43.2 Å². The highest BCUT2D eigenvalue weighted by Crippen LogP contribution is 2.22. The molecule has 0 spiro atoms. The second-order valence-corrected chi connectivity index (χ2v) is 8.26. The van der Waals surface area contributed by atoms with Crippen LogP contribution in [0.25, 0.3) is 0 Å². The number of rotatable bonds is 6. The average molecular weight is 357 g/mol. The first-order valence-electron chi connectivity index (χ1n) is 7.92. The van der Waals surface area contributed by atoms with E-state index < -0.39 is 15.7 Å². The smallest absolute Gasteiger partial charge is 0.410 e. The lowest BCUT2D eigenvalue weighted by molar-refractivity contribution is 0.0296. The lowest BCUT2D eigenvalue weighted by Gasteiger charge is -2.24. The van der Waals surface area contributed by atoms with Crippen molar-refractivity contribution >= 4 is 16.2 Å². The third-order valence-electron chi connectivity index (χ3n) is 3.45. The number of carbonyl (C=O) groups is 1. The predicted molar refractivity (Wildman–Crippen MR) is 92.8 cm³/mol. The fraction of sp³-hybridized carbons (Fsp3) is 0.588. The van der Waals surface area contributed by atoms with Crippen LogP contribution in [0.4, 0.5) is 4.79 Å². The molecule has 0 heterocycles. The second-order valence-electron chi connectivity index (χ2n) is 6.90. The molecule has 1 N–H and O–H groups in total. The van der Waals surface area contributed by atoms with Crippen LogP contribution < -0.4 is 0 Å². The highest BCUT2D eigenvalue weighted by molar-refractivity contribution is 7.86. The number of amides is 1. The molecule has 0 bridgehead atoms. The van der Waals surface area contributed by atoms with Gasteiger partial charge in [0.25, 0.3) is 10.1 Å². The molecule has 7 heteroatoms. The molecule has 136 valence electrons. The SMILES string of the molecule is Cc1cccc(CCCCN(C)C(=O)OC(C)(C)C)c1S(=O)(=O)O. The van der Waals surface area contributed by atoms with Gasteiger partial charge < -0.3 is 9.64 Å². The molecular weight excluding hydrogens is 330 g/mol. The van der Waals surface area contributed by atoms with Crippen molar-refractivity contribution in [1.82, 2.24) is 4.90 Å². The number of carbonyl (C=O) groups excluding carboxylic acids is 1. The van der Waals surface area contributed by atoms with Crippen molar-refractivity contribution in [2.24, 2.45) is 0 Å². The van der Waals surface area contributed by atoms with E-state index in [1.807, 2.05) is 20.8 Å². The van der Waals surface area contributed by atoms with Crippen LogP contribution in [0.2, 0.25) is 0 Å². The Morgan fingerprint density at radius 2 is 1.88 bits per heavy atom. The Hall–Kier alpha value is -1.60. The molecule has 0 atom stereocenters. The van der Waals surface area contributed by atoms with E-state index in [2.05, 4.69) is 0 Å². The molecule has 1 aromatic rings. The summed E-state index contributed by atoms with van der Waals surface area (Å²) in [5.41, 5.74) is 0.593. The Morgan fingerprint density at radius 1 is 1.25 bits per heavy atom. The van der Waals surface area contributed by atoms with Gasteiger partial charge in [0.2, 0.25) is 0 Å². The molecule has 0 radical (unpaired) electrons. The lowest BCUT2D eigenvalue weighted by atomic mass is 10.1. The summed E-state index contributed by atoms with van der Waals surface area (Å²) in [5, 5.41) is 0. The van der Waals surface area contributed by atoms with Gasteiger partial charge in [-0.25, -0.2) is 4.79 Å². The first-order valence-corrected chi connectivity index (χ1v) is 9.36. The molecule has 0 aliphatic rings. The summed E-state index contributed by atoms with van der Waals surface area (Å²) in [6.07, 6.45) is 1.53. The van der Waals surface area contributed by atoms with Gasteiger partial charge in [0, 0.05) is 13.6 Å². The van der Waals surface area contributed by atoms with Gasteiger partial charge >= 0.3 is 6.09 Å². The fourth-order valence-electron chi connectivity index (χ4n) is 2.37. The predicted octanol–water partition coefficient (Wildman–Crippen LogP) is 3.43. The van der Waals surface area contributed by atoms with Crippen molar-refractivity contribution in [3.63, 3.8) is 0 Å². The molecule has 0 aliphatic heterocycles. The number of hydrogen-bond donors (Lipinski definition) is 1. The molecule has 1 rings (SSSR count). The van der Waals surface area contributed by atoms with Crippen molar-refractivity contribution in [1.29, 1.82) is 0 Å². The molecule has 1 aromatic carbocycles. The van der Waals surface area contributed by atoms with Crippen molar-refractivity contribution in [2.75, 3.05) is 13.6 Å². The van der Waals surface area contributed by atoms with Crippen molar-refractivity contribution in [3.05, 3.63) is 29.3 Å². The summed E-state index contributed by atoms with van der Waals surface area (Å²) in [5.74, 6) is 0. The van der Waals surface area contributed by atoms with Crippen LogP contribution >= 0.6 is 0 Å². The number of hydrogen-bond acceptors (Lipinski definition) is 4. The highest BCUT2D eigenvalue weighted by atomic mass is 32.2. The van der Waals surface area contributed by atoms with Gasteiger partial charge in [0.1, 0.15) is 5.60 Å². The zero-order chi connectivity index (χ0) is 18.5. The summed E-state index contributed by atoms with van der Waals surface area (Å²) >= 11 is 0. The van der Waals surface area contributed by atoms with Gasteiger partial charge in [-0.05, 0) is 58.1 Å². The maximum atomic E-state index is 11.8.